The van der Waals surface area contributed by atoms with Gasteiger partial charge >= 0.3 is 0 Å². The van der Waals surface area contributed by atoms with E-state index in [9.17, 15) is 0 Å². The minimum absolute atomic E-state index is 0.389. The van der Waals surface area contributed by atoms with Crippen LogP contribution < -0.4 is 5.73 Å². The molecule has 0 bridgehead atoms. The molecule has 1 heterocycles. The number of thioether (sulfide) groups is 1. The highest BCUT2D eigenvalue weighted by Crippen LogP contribution is 2.19. The highest BCUT2D eigenvalue weighted by atomic mass is 32.2. The van der Waals surface area contributed by atoms with E-state index in [1.165, 1.54) is 24.3 Å². The van der Waals surface area contributed by atoms with Crippen LogP contribution in [0.3, 0.4) is 0 Å². The first-order valence-corrected chi connectivity index (χ1v) is 6.41. The summed E-state index contributed by atoms with van der Waals surface area (Å²) in [5.74, 6) is 3.12. The van der Waals surface area contributed by atoms with Crippen LogP contribution in [-0.2, 0) is 4.74 Å². The molecule has 0 aromatic carbocycles. The molecule has 3 heteroatoms. The summed E-state index contributed by atoms with van der Waals surface area (Å²) in [5, 5.41) is 0. The Kier molecular flexibility index (Phi) is 5.83. The summed E-state index contributed by atoms with van der Waals surface area (Å²) in [7, 11) is 0. The Bertz CT molecular complexity index is 132. The molecule has 0 saturated carbocycles. The first kappa shape index (κ1) is 11.3. The van der Waals surface area contributed by atoms with Gasteiger partial charge in [0.2, 0.25) is 0 Å². The fraction of sp³-hybridized carbons (Fsp3) is 1.00. The van der Waals surface area contributed by atoms with Gasteiger partial charge in [0.25, 0.3) is 0 Å². The summed E-state index contributed by atoms with van der Waals surface area (Å²) in [4.78, 5) is 0. The van der Waals surface area contributed by atoms with E-state index in [1.807, 2.05) is 11.8 Å². The summed E-state index contributed by atoms with van der Waals surface area (Å²) in [6.45, 7) is 3.96. The van der Waals surface area contributed by atoms with Gasteiger partial charge in [-0.05, 0) is 36.7 Å². The first-order valence-electron chi connectivity index (χ1n) is 5.25. The summed E-state index contributed by atoms with van der Waals surface area (Å²) in [5.41, 5.74) is 6.01. The topological polar surface area (TPSA) is 35.2 Å². The number of hydrogen-bond acceptors (Lipinski definition) is 3. The van der Waals surface area contributed by atoms with Gasteiger partial charge in [0.1, 0.15) is 0 Å². The molecular formula is C10H21NOS. The summed E-state index contributed by atoms with van der Waals surface area (Å²) >= 11 is 2.02. The number of nitrogens with two attached hydrogens (primary N) is 1. The fourth-order valence-corrected chi connectivity index (χ4v) is 2.36. The predicted molar refractivity (Wildman–Crippen MR) is 59.1 cm³/mol. The molecule has 2 N–H and O–H groups in total. The van der Waals surface area contributed by atoms with Crippen LogP contribution in [0.25, 0.3) is 0 Å². The molecule has 0 radical (unpaired) electrons. The molecule has 0 spiro atoms. The Labute approximate surface area is 85.6 Å². The quantitative estimate of drug-likeness (QED) is 0.693. The van der Waals surface area contributed by atoms with Gasteiger partial charge in [-0.15, -0.1) is 0 Å². The molecule has 2 nitrogen and oxygen atoms in total. The molecule has 1 aliphatic heterocycles. The zero-order valence-corrected chi connectivity index (χ0v) is 9.31. The molecule has 1 saturated heterocycles. The van der Waals surface area contributed by atoms with Crippen LogP contribution in [0, 0.1) is 5.92 Å². The van der Waals surface area contributed by atoms with Gasteiger partial charge in [-0.25, -0.2) is 0 Å². The minimum Gasteiger partial charge on any atom is -0.381 e. The van der Waals surface area contributed by atoms with Crippen molar-refractivity contribution in [2.24, 2.45) is 11.7 Å². The maximum absolute atomic E-state index is 6.01. The monoisotopic (exact) mass is 203 g/mol. The molecule has 78 valence electrons. The van der Waals surface area contributed by atoms with Crippen molar-refractivity contribution in [3.63, 3.8) is 0 Å². The molecule has 0 aromatic rings. The number of rotatable bonds is 5. The van der Waals surface area contributed by atoms with Crippen molar-refractivity contribution in [2.45, 2.75) is 32.2 Å². The summed E-state index contributed by atoms with van der Waals surface area (Å²) in [6.07, 6.45) is 3.58. The third kappa shape index (κ3) is 4.34. The third-order valence-corrected chi connectivity index (χ3v) is 3.59. The van der Waals surface area contributed by atoms with E-state index < -0.39 is 0 Å². The van der Waals surface area contributed by atoms with E-state index >= 15 is 0 Å². The molecule has 1 rings (SSSR count). The van der Waals surface area contributed by atoms with Gasteiger partial charge in [-0.1, -0.05) is 6.92 Å². The average molecular weight is 203 g/mol. The zero-order chi connectivity index (χ0) is 9.52. The molecule has 2 unspecified atom stereocenters. The van der Waals surface area contributed by atoms with E-state index in [0.29, 0.717) is 12.0 Å². The highest BCUT2D eigenvalue weighted by molar-refractivity contribution is 7.99. The van der Waals surface area contributed by atoms with Crippen LogP contribution in [0.4, 0.5) is 0 Å². The largest absolute Gasteiger partial charge is 0.381 e. The second kappa shape index (κ2) is 6.68. The Balaban J connectivity index is 2.05. The molecule has 1 fully saturated rings. The van der Waals surface area contributed by atoms with E-state index in [2.05, 4.69) is 6.92 Å². The van der Waals surface area contributed by atoms with E-state index in [0.717, 1.165) is 19.6 Å². The van der Waals surface area contributed by atoms with Crippen molar-refractivity contribution in [3.8, 4) is 0 Å². The summed E-state index contributed by atoms with van der Waals surface area (Å²) in [6, 6.07) is 0.389. The number of hydrogen-bond donors (Lipinski definition) is 1. The standard InChI is InChI=1S/C10H21NOS/c1-2-13-7-3-4-9-8-12-6-5-10(9)11/h9-10H,2-8,11H2,1H3. The van der Waals surface area contributed by atoms with Crippen molar-refractivity contribution in [1.29, 1.82) is 0 Å². The maximum Gasteiger partial charge on any atom is 0.0509 e. The molecular weight excluding hydrogens is 182 g/mol. The Hall–Kier alpha value is 0.270. The van der Waals surface area contributed by atoms with Gasteiger partial charge < -0.3 is 10.5 Å². The third-order valence-electron chi connectivity index (χ3n) is 2.60. The molecule has 1 aliphatic rings. The lowest BCUT2D eigenvalue weighted by Gasteiger charge is -2.28. The van der Waals surface area contributed by atoms with Crippen molar-refractivity contribution in [2.75, 3.05) is 24.7 Å². The van der Waals surface area contributed by atoms with Crippen LogP contribution in [0.5, 0.6) is 0 Å². The van der Waals surface area contributed by atoms with Crippen molar-refractivity contribution >= 4 is 11.8 Å². The van der Waals surface area contributed by atoms with Gasteiger partial charge in [0.05, 0.1) is 6.61 Å². The van der Waals surface area contributed by atoms with E-state index in [-0.39, 0.29) is 0 Å². The second-order valence-corrected chi connectivity index (χ2v) is 5.02. The zero-order valence-electron chi connectivity index (χ0n) is 8.50. The fourth-order valence-electron chi connectivity index (χ4n) is 1.70. The van der Waals surface area contributed by atoms with E-state index in [4.69, 9.17) is 10.5 Å². The Morgan fingerprint density at radius 1 is 1.54 bits per heavy atom. The highest BCUT2D eigenvalue weighted by Gasteiger charge is 2.21. The van der Waals surface area contributed by atoms with Gasteiger partial charge in [-0.3, -0.25) is 0 Å². The van der Waals surface area contributed by atoms with Gasteiger partial charge in [0, 0.05) is 12.6 Å². The van der Waals surface area contributed by atoms with Crippen LogP contribution in [0.1, 0.15) is 26.2 Å². The molecule has 0 amide bonds. The van der Waals surface area contributed by atoms with Crippen molar-refractivity contribution in [1.82, 2.24) is 0 Å². The second-order valence-electron chi connectivity index (χ2n) is 3.63. The molecule has 2 atom stereocenters. The van der Waals surface area contributed by atoms with Gasteiger partial charge in [0.15, 0.2) is 0 Å². The number of ether oxygens (including phenoxy) is 1. The van der Waals surface area contributed by atoms with Crippen molar-refractivity contribution in [3.05, 3.63) is 0 Å². The maximum atomic E-state index is 6.01. The lowest BCUT2D eigenvalue weighted by molar-refractivity contribution is 0.0387. The molecule has 0 aliphatic carbocycles. The Morgan fingerprint density at radius 2 is 2.38 bits per heavy atom. The minimum atomic E-state index is 0.389. The van der Waals surface area contributed by atoms with Crippen LogP contribution in [0.15, 0.2) is 0 Å². The van der Waals surface area contributed by atoms with E-state index in [1.54, 1.807) is 0 Å². The van der Waals surface area contributed by atoms with Crippen molar-refractivity contribution < 1.29 is 4.74 Å². The lowest BCUT2D eigenvalue weighted by atomic mass is 9.92. The van der Waals surface area contributed by atoms with Crippen LogP contribution in [-0.4, -0.2) is 30.8 Å². The first-order chi connectivity index (χ1) is 6.34. The predicted octanol–water partition coefficient (Wildman–Crippen LogP) is 1.88. The molecule has 0 aromatic heterocycles. The molecule has 13 heavy (non-hydrogen) atoms. The smallest absolute Gasteiger partial charge is 0.0509 e. The van der Waals surface area contributed by atoms with Crippen LogP contribution >= 0.6 is 11.8 Å². The normalized spacial score (nSPS) is 29.1. The summed E-state index contributed by atoms with van der Waals surface area (Å²) < 4.78 is 5.42. The van der Waals surface area contributed by atoms with Crippen LogP contribution in [0.2, 0.25) is 0 Å². The Morgan fingerprint density at radius 3 is 3.08 bits per heavy atom. The lowest BCUT2D eigenvalue weighted by Crippen LogP contribution is -2.38. The van der Waals surface area contributed by atoms with Gasteiger partial charge in [-0.2, -0.15) is 11.8 Å². The SMILES string of the molecule is CCSCCCC1COCCC1N. The average Bonchev–Trinajstić information content (AvgIpc) is 2.15.